The second-order valence-corrected chi connectivity index (χ2v) is 6.20. The summed E-state index contributed by atoms with van der Waals surface area (Å²) in [5.74, 6) is 0.236. The van der Waals surface area contributed by atoms with Crippen molar-refractivity contribution in [2.24, 2.45) is 5.92 Å². The minimum absolute atomic E-state index is 0.0163. The number of rotatable bonds is 4. The Kier molecular flexibility index (Phi) is 3.43. The zero-order chi connectivity index (χ0) is 14.3. The van der Waals surface area contributed by atoms with Gasteiger partial charge in [-0.25, -0.2) is 4.39 Å². The first-order valence-corrected chi connectivity index (χ1v) is 7.19. The van der Waals surface area contributed by atoms with Crippen LogP contribution >= 0.6 is 0 Å². The minimum atomic E-state index is -0.210. The Balaban J connectivity index is 1.67. The maximum absolute atomic E-state index is 13.6. The van der Waals surface area contributed by atoms with Crippen molar-refractivity contribution in [1.82, 2.24) is 0 Å². The van der Waals surface area contributed by atoms with Crippen LogP contribution in [0.3, 0.4) is 0 Å². The molecule has 1 aromatic rings. The number of benzene rings is 1. The predicted octanol–water partition coefficient (Wildman–Crippen LogP) is 3.85. The van der Waals surface area contributed by atoms with Gasteiger partial charge < -0.3 is 9.47 Å². The van der Waals surface area contributed by atoms with E-state index in [4.69, 9.17) is 9.47 Å². The summed E-state index contributed by atoms with van der Waals surface area (Å²) in [4.78, 5) is 0. The van der Waals surface area contributed by atoms with Crippen molar-refractivity contribution in [2.45, 2.75) is 51.1 Å². The van der Waals surface area contributed by atoms with Gasteiger partial charge in [-0.15, -0.1) is 0 Å². The molecule has 1 aliphatic heterocycles. The number of epoxide rings is 1. The maximum Gasteiger partial charge on any atom is 0.128 e. The molecule has 2 aliphatic rings. The van der Waals surface area contributed by atoms with Crippen molar-refractivity contribution in [3.63, 3.8) is 0 Å². The van der Waals surface area contributed by atoms with Gasteiger partial charge in [0.25, 0.3) is 0 Å². The van der Waals surface area contributed by atoms with E-state index in [1.165, 1.54) is 11.6 Å². The molecule has 1 heterocycles. The lowest BCUT2D eigenvalue weighted by Crippen LogP contribution is -2.38. The molecule has 1 aliphatic carbocycles. The monoisotopic (exact) mass is 276 g/mol. The summed E-state index contributed by atoms with van der Waals surface area (Å²) in [6.07, 6.45) is 2.23. The van der Waals surface area contributed by atoms with Crippen LogP contribution in [0.4, 0.5) is 4.39 Å². The molecule has 2 nitrogen and oxygen atoms in total. The molecule has 0 spiro atoms. The Morgan fingerprint density at radius 3 is 2.90 bits per heavy atom. The van der Waals surface area contributed by atoms with Crippen molar-refractivity contribution in [2.75, 3.05) is 0 Å². The normalized spacial score (nSPS) is 35.5. The summed E-state index contributed by atoms with van der Waals surface area (Å²) in [6.45, 7) is 8.50. The van der Waals surface area contributed by atoms with Crippen molar-refractivity contribution >= 4 is 0 Å². The van der Waals surface area contributed by atoms with Gasteiger partial charge in [-0.2, -0.15) is 0 Å². The van der Waals surface area contributed by atoms with Gasteiger partial charge >= 0.3 is 0 Å². The summed E-state index contributed by atoms with van der Waals surface area (Å²) in [5, 5.41) is 0. The van der Waals surface area contributed by atoms with E-state index < -0.39 is 0 Å². The Morgan fingerprint density at radius 1 is 1.45 bits per heavy atom. The van der Waals surface area contributed by atoms with Gasteiger partial charge in [-0.05, 0) is 38.7 Å². The van der Waals surface area contributed by atoms with Gasteiger partial charge in [0.15, 0.2) is 0 Å². The second-order valence-electron chi connectivity index (χ2n) is 6.20. The van der Waals surface area contributed by atoms with Crippen molar-refractivity contribution < 1.29 is 13.9 Å². The average Bonchev–Trinajstić information content (AvgIpc) is 3.08. The fraction of sp³-hybridized carbons (Fsp3) is 0.529. The molecular weight excluding hydrogens is 255 g/mol. The van der Waals surface area contributed by atoms with E-state index in [-0.39, 0.29) is 23.6 Å². The van der Waals surface area contributed by atoms with Crippen LogP contribution in [0, 0.1) is 11.7 Å². The van der Waals surface area contributed by atoms with Crippen molar-refractivity contribution in [3.8, 4) is 0 Å². The summed E-state index contributed by atoms with van der Waals surface area (Å²) < 4.78 is 25.4. The molecular formula is C17H21FO2. The summed E-state index contributed by atoms with van der Waals surface area (Å²) in [5.41, 5.74) is 1.60. The molecule has 3 heteroatoms. The van der Waals surface area contributed by atoms with Crippen molar-refractivity contribution in [1.29, 1.82) is 0 Å². The van der Waals surface area contributed by atoms with Gasteiger partial charge in [-0.3, -0.25) is 0 Å². The summed E-state index contributed by atoms with van der Waals surface area (Å²) in [6, 6.07) is 6.76. The highest BCUT2D eigenvalue weighted by Crippen LogP contribution is 2.52. The minimum Gasteiger partial charge on any atom is -0.370 e. The molecule has 1 aromatic carbocycles. The van der Waals surface area contributed by atoms with E-state index in [9.17, 15) is 4.39 Å². The smallest absolute Gasteiger partial charge is 0.128 e. The fourth-order valence-corrected chi connectivity index (χ4v) is 3.13. The number of halogens is 1. The van der Waals surface area contributed by atoms with Gasteiger partial charge in [0.1, 0.15) is 11.4 Å². The highest BCUT2D eigenvalue weighted by atomic mass is 19.1. The second kappa shape index (κ2) is 4.97. The third-order valence-corrected chi connectivity index (χ3v) is 4.71. The molecule has 3 rings (SSSR count). The molecule has 1 saturated carbocycles. The van der Waals surface area contributed by atoms with Gasteiger partial charge in [-0.1, -0.05) is 30.4 Å². The van der Waals surface area contributed by atoms with Crippen LogP contribution in [0.15, 0.2) is 36.4 Å². The zero-order valence-electron chi connectivity index (χ0n) is 12.1. The Bertz CT molecular complexity index is 527. The van der Waals surface area contributed by atoms with Crippen LogP contribution in [0.25, 0.3) is 0 Å². The molecule has 108 valence electrons. The number of hydrogen-bond donors (Lipinski definition) is 0. The molecule has 4 atom stereocenters. The first kappa shape index (κ1) is 13.8. The number of allylic oxidation sites excluding steroid dienone is 1. The van der Waals surface area contributed by atoms with Crippen LogP contribution in [0.2, 0.25) is 0 Å². The van der Waals surface area contributed by atoms with E-state index in [1.54, 1.807) is 12.1 Å². The molecule has 0 bridgehead atoms. The van der Waals surface area contributed by atoms with Crippen LogP contribution < -0.4 is 0 Å². The van der Waals surface area contributed by atoms with Crippen LogP contribution in [-0.4, -0.2) is 17.8 Å². The fourth-order valence-electron chi connectivity index (χ4n) is 3.13. The number of fused-ring (bicyclic) bond motifs is 1. The quantitative estimate of drug-likeness (QED) is 0.615. The van der Waals surface area contributed by atoms with Gasteiger partial charge in [0.2, 0.25) is 0 Å². The maximum atomic E-state index is 13.6. The number of hydrogen-bond acceptors (Lipinski definition) is 2. The number of ether oxygens (including phenoxy) is 2. The highest BCUT2D eigenvalue weighted by molar-refractivity contribution is 5.18. The van der Waals surface area contributed by atoms with Crippen LogP contribution in [0.1, 0.15) is 32.3 Å². The van der Waals surface area contributed by atoms with Crippen molar-refractivity contribution in [3.05, 3.63) is 47.8 Å². The molecule has 20 heavy (non-hydrogen) atoms. The predicted molar refractivity (Wildman–Crippen MR) is 75.8 cm³/mol. The molecule has 2 fully saturated rings. The first-order valence-electron chi connectivity index (χ1n) is 7.19. The van der Waals surface area contributed by atoms with Crippen LogP contribution in [-0.2, 0) is 16.1 Å². The Labute approximate surface area is 119 Å². The van der Waals surface area contributed by atoms with E-state index in [2.05, 4.69) is 20.4 Å². The molecule has 0 radical (unpaired) electrons. The lowest BCUT2D eigenvalue weighted by Gasteiger charge is -2.31. The molecule has 0 aromatic heterocycles. The standard InChI is InChI=1S/C17H21FO2/c1-11(2)13-8-15(17(3)16(9-13)20-17)19-10-12-6-4-5-7-14(12)18/h4-7,13,15-16H,1,8-10H2,2-3H3/t13-,15+,16-,17+/m1/s1. The highest BCUT2D eigenvalue weighted by Gasteiger charge is 2.61. The van der Waals surface area contributed by atoms with Gasteiger partial charge in [0, 0.05) is 5.56 Å². The van der Waals surface area contributed by atoms with Gasteiger partial charge in [0.05, 0.1) is 18.8 Å². The largest absolute Gasteiger partial charge is 0.370 e. The average molecular weight is 276 g/mol. The van der Waals surface area contributed by atoms with E-state index in [0.29, 0.717) is 18.1 Å². The summed E-state index contributed by atoms with van der Waals surface area (Å²) >= 11 is 0. The van der Waals surface area contributed by atoms with E-state index in [0.717, 1.165) is 12.8 Å². The lowest BCUT2D eigenvalue weighted by molar-refractivity contribution is -0.0246. The van der Waals surface area contributed by atoms with E-state index >= 15 is 0 Å². The topological polar surface area (TPSA) is 21.8 Å². The third kappa shape index (κ3) is 2.40. The first-order chi connectivity index (χ1) is 9.50. The van der Waals surface area contributed by atoms with E-state index in [1.807, 2.05) is 6.07 Å². The Morgan fingerprint density at radius 2 is 2.20 bits per heavy atom. The molecule has 0 unspecified atom stereocenters. The third-order valence-electron chi connectivity index (χ3n) is 4.71. The Hall–Kier alpha value is -1.19. The van der Waals surface area contributed by atoms with Crippen LogP contribution in [0.5, 0.6) is 0 Å². The lowest BCUT2D eigenvalue weighted by atomic mass is 9.78. The SMILES string of the molecule is C=C(C)[C@@H]1C[C@H](OCc2ccccc2F)[C@]2(C)O[C@@H]2C1. The zero-order valence-corrected chi connectivity index (χ0v) is 12.1. The molecule has 1 saturated heterocycles. The summed E-state index contributed by atoms with van der Waals surface area (Å²) in [7, 11) is 0. The molecule has 0 amide bonds. The molecule has 0 N–H and O–H groups in total.